The Morgan fingerprint density at radius 3 is 2.45 bits per heavy atom. The van der Waals surface area contributed by atoms with Crippen LogP contribution in [0.15, 0.2) is 48.5 Å². The molecule has 0 aromatic heterocycles. The van der Waals surface area contributed by atoms with Crippen molar-refractivity contribution in [2.75, 3.05) is 7.11 Å². The van der Waals surface area contributed by atoms with E-state index in [4.69, 9.17) is 4.74 Å². The summed E-state index contributed by atoms with van der Waals surface area (Å²) in [6.45, 7) is 2.16. The Labute approximate surface area is 120 Å². The van der Waals surface area contributed by atoms with Gasteiger partial charge in [0.1, 0.15) is 5.75 Å². The zero-order valence-electron chi connectivity index (χ0n) is 12.1. The molecule has 0 aliphatic carbocycles. The molecule has 20 heavy (non-hydrogen) atoms. The maximum absolute atomic E-state index is 12.6. The summed E-state index contributed by atoms with van der Waals surface area (Å²) in [4.78, 5) is 12.6. The Bertz CT molecular complexity index is 573. The molecule has 0 unspecified atom stereocenters. The molecule has 0 fully saturated rings. The van der Waals surface area contributed by atoms with Gasteiger partial charge in [0.25, 0.3) is 0 Å². The number of ether oxygens (including phenoxy) is 1. The molecule has 0 heterocycles. The number of rotatable bonds is 6. The second-order valence-corrected chi connectivity index (χ2v) is 4.80. The van der Waals surface area contributed by atoms with E-state index in [2.05, 4.69) is 6.92 Å². The number of carbonyl (C=O) groups excluding carboxylic acids is 1. The molecule has 0 bridgehead atoms. The highest BCUT2D eigenvalue weighted by molar-refractivity contribution is 6.10. The van der Waals surface area contributed by atoms with Crippen molar-refractivity contribution in [1.29, 1.82) is 0 Å². The van der Waals surface area contributed by atoms with Crippen LogP contribution in [-0.2, 0) is 6.42 Å². The SMILES string of the molecule is CCCCc1cccc(C(=O)c2ccccc2)c1OC. The number of methoxy groups -OCH3 is 1. The van der Waals surface area contributed by atoms with E-state index in [0.29, 0.717) is 11.1 Å². The van der Waals surface area contributed by atoms with Gasteiger partial charge >= 0.3 is 0 Å². The topological polar surface area (TPSA) is 26.3 Å². The summed E-state index contributed by atoms with van der Waals surface area (Å²) in [5.74, 6) is 0.732. The van der Waals surface area contributed by atoms with Crippen LogP contribution < -0.4 is 4.74 Å². The van der Waals surface area contributed by atoms with Gasteiger partial charge in [-0.1, -0.05) is 55.8 Å². The smallest absolute Gasteiger partial charge is 0.196 e. The van der Waals surface area contributed by atoms with E-state index < -0.39 is 0 Å². The lowest BCUT2D eigenvalue weighted by molar-refractivity contribution is 0.103. The summed E-state index contributed by atoms with van der Waals surface area (Å²) in [7, 11) is 1.63. The normalized spacial score (nSPS) is 10.3. The molecule has 2 aromatic carbocycles. The number of hydrogen-bond acceptors (Lipinski definition) is 2. The Morgan fingerprint density at radius 1 is 1.05 bits per heavy atom. The number of ketones is 1. The van der Waals surface area contributed by atoms with Crippen LogP contribution in [0, 0.1) is 0 Å². The molecule has 2 heteroatoms. The van der Waals surface area contributed by atoms with Gasteiger partial charge in [-0.05, 0) is 24.5 Å². The monoisotopic (exact) mass is 268 g/mol. The molecule has 104 valence electrons. The molecule has 2 nitrogen and oxygen atoms in total. The zero-order chi connectivity index (χ0) is 14.4. The summed E-state index contributed by atoms with van der Waals surface area (Å²) in [6.07, 6.45) is 3.16. The number of para-hydroxylation sites is 1. The van der Waals surface area contributed by atoms with Gasteiger partial charge in [0.15, 0.2) is 5.78 Å². The lowest BCUT2D eigenvalue weighted by Gasteiger charge is -2.12. The minimum atomic E-state index is 0.0146. The maximum Gasteiger partial charge on any atom is 0.196 e. The molecule has 2 aromatic rings. The van der Waals surface area contributed by atoms with Gasteiger partial charge in [-0.2, -0.15) is 0 Å². The molecule has 2 rings (SSSR count). The van der Waals surface area contributed by atoms with Gasteiger partial charge in [0.05, 0.1) is 12.7 Å². The van der Waals surface area contributed by atoms with Crippen LogP contribution in [0.5, 0.6) is 5.75 Å². The highest BCUT2D eigenvalue weighted by Crippen LogP contribution is 2.27. The highest BCUT2D eigenvalue weighted by atomic mass is 16.5. The van der Waals surface area contributed by atoms with E-state index in [0.717, 1.165) is 30.6 Å². The maximum atomic E-state index is 12.6. The molecule has 0 aliphatic rings. The summed E-state index contributed by atoms with van der Waals surface area (Å²) in [6, 6.07) is 15.1. The molecule has 0 saturated carbocycles. The van der Waals surface area contributed by atoms with Crippen LogP contribution in [-0.4, -0.2) is 12.9 Å². The summed E-state index contributed by atoms with van der Waals surface area (Å²) in [5, 5.41) is 0. The standard InChI is InChI=1S/C18H20O2/c1-3-4-9-15-12-8-13-16(18(15)20-2)17(19)14-10-6-5-7-11-14/h5-8,10-13H,3-4,9H2,1-2H3. The third-order valence-corrected chi connectivity index (χ3v) is 3.38. The van der Waals surface area contributed by atoms with Gasteiger partial charge in [-0.3, -0.25) is 4.79 Å². The average molecular weight is 268 g/mol. The summed E-state index contributed by atoms with van der Waals surface area (Å²) in [5.41, 5.74) is 2.45. The molecule has 0 saturated heterocycles. The third kappa shape index (κ3) is 3.08. The van der Waals surface area contributed by atoms with E-state index in [1.165, 1.54) is 0 Å². The van der Waals surface area contributed by atoms with E-state index in [1.54, 1.807) is 7.11 Å². The van der Waals surface area contributed by atoms with Crippen LogP contribution in [0.1, 0.15) is 41.3 Å². The lowest BCUT2D eigenvalue weighted by atomic mass is 9.98. The largest absolute Gasteiger partial charge is 0.496 e. The van der Waals surface area contributed by atoms with Gasteiger partial charge < -0.3 is 4.74 Å². The van der Waals surface area contributed by atoms with E-state index in [1.807, 2.05) is 48.5 Å². The van der Waals surface area contributed by atoms with Crippen molar-refractivity contribution in [3.05, 3.63) is 65.2 Å². The van der Waals surface area contributed by atoms with Gasteiger partial charge in [0, 0.05) is 5.56 Å². The Morgan fingerprint density at radius 2 is 1.80 bits per heavy atom. The lowest BCUT2D eigenvalue weighted by Crippen LogP contribution is -2.06. The number of aryl methyl sites for hydroxylation is 1. The van der Waals surface area contributed by atoms with Crippen LogP contribution >= 0.6 is 0 Å². The van der Waals surface area contributed by atoms with Gasteiger partial charge in [-0.15, -0.1) is 0 Å². The van der Waals surface area contributed by atoms with Gasteiger partial charge in [0.2, 0.25) is 0 Å². The second-order valence-electron chi connectivity index (χ2n) is 4.80. The molecule has 0 amide bonds. The highest BCUT2D eigenvalue weighted by Gasteiger charge is 2.16. The van der Waals surface area contributed by atoms with Crippen molar-refractivity contribution < 1.29 is 9.53 Å². The predicted octanol–water partition coefficient (Wildman–Crippen LogP) is 4.27. The minimum absolute atomic E-state index is 0.0146. The van der Waals surface area contributed by atoms with Crippen LogP contribution in [0.2, 0.25) is 0 Å². The van der Waals surface area contributed by atoms with Gasteiger partial charge in [-0.25, -0.2) is 0 Å². The second kappa shape index (κ2) is 6.90. The fourth-order valence-corrected chi connectivity index (χ4v) is 2.31. The number of unbranched alkanes of at least 4 members (excludes halogenated alkanes) is 1. The molecule has 0 aliphatic heterocycles. The van der Waals surface area contributed by atoms with E-state index >= 15 is 0 Å². The number of carbonyl (C=O) groups is 1. The van der Waals surface area contributed by atoms with Crippen molar-refractivity contribution in [1.82, 2.24) is 0 Å². The first-order valence-electron chi connectivity index (χ1n) is 7.03. The number of hydrogen-bond donors (Lipinski definition) is 0. The molecular weight excluding hydrogens is 248 g/mol. The first-order chi connectivity index (χ1) is 9.77. The summed E-state index contributed by atoms with van der Waals surface area (Å²) >= 11 is 0. The van der Waals surface area contributed by atoms with Crippen molar-refractivity contribution in [2.24, 2.45) is 0 Å². The first-order valence-corrected chi connectivity index (χ1v) is 7.03. The average Bonchev–Trinajstić information content (AvgIpc) is 2.52. The first kappa shape index (κ1) is 14.3. The molecule has 0 radical (unpaired) electrons. The summed E-state index contributed by atoms with van der Waals surface area (Å²) < 4.78 is 5.50. The van der Waals surface area contributed by atoms with Crippen molar-refractivity contribution in [3.63, 3.8) is 0 Å². The Balaban J connectivity index is 2.38. The molecule has 0 atom stereocenters. The quantitative estimate of drug-likeness (QED) is 0.731. The Hall–Kier alpha value is -2.09. The fourth-order valence-electron chi connectivity index (χ4n) is 2.31. The third-order valence-electron chi connectivity index (χ3n) is 3.38. The predicted molar refractivity (Wildman–Crippen MR) is 81.5 cm³/mol. The molecule has 0 N–H and O–H groups in total. The molecular formula is C18H20O2. The van der Waals surface area contributed by atoms with Crippen LogP contribution in [0.25, 0.3) is 0 Å². The van der Waals surface area contributed by atoms with E-state index in [-0.39, 0.29) is 5.78 Å². The van der Waals surface area contributed by atoms with Crippen LogP contribution in [0.4, 0.5) is 0 Å². The zero-order valence-corrected chi connectivity index (χ0v) is 12.1. The van der Waals surface area contributed by atoms with Crippen LogP contribution in [0.3, 0.4) is 0 Å². The Kier molecular flexibility index (Phi) is 4.94. The fraction of sp³-hybridized carbons (Fsp3) is 0.278. The molecule has 0 spiro atoms. The van der Waals surface area contributed by atoms with Crippen molar-refractivity contribution >= 4 is 5.78 Å². The van der Waals surface area contributed by atoms with E-state index in [9.17, 15) is 4.79 Å². The van der Waals surface area contributed by atoms with Crippen molar-refractivity contribution in [2.45, 2.75) is 26.2 Å². The number of benzene rings is 2. The minimum Gasteiger partial charge on any atom is -0.496 e. The van der Waals surface area contributed by atoms with Crippen molar-refractivity contribution in [3.8, 4) is 5.75 Å².